The lowest BCUT2D eigenvalue weighted by Crippen LogP contribution is -2.28. The van der Waals surface area contributed by atoms with Gasteiger partial charge in [0.2, 0.25) is 0 Å². The Kier molecular flexibility index (Phi) is 9.30. The minimum absolute atomic E-state index is 0.329. The van der Waals surface area contributed by atoms with Gasteiger partial charge in [0.05, 0.1) is 35.6 Å². The second-order valence-electron chi connectivity index (χ2n) is 8.08. The van der Waals surface area contributed by atoms with Gasteiger partial charge < -0.3 is 18.9 Å². The van der Waals surface area contributed by atoms with E-state index in [2.05, 4.69) is 6.07 Å². The topological polar surface area (TPSA) is 66.9 Å². The largest absolute Gasteiger partial charge is 0.493 e. The van der Waals surface area contributed by atoms with Gasteiger partial charge in [0, 0.05) is 19.4 Å². The zero-order valence-corrected chi connectivity index (χ0v) is 21.5. The molecule has 0 aliphatic rings. The summed E-state index contributed by atoms with van der Waals surface area (Å²) < 4.78 is 23.8. The Morgan fingerprint density at radius 2 is 1.64 bits per heavy atom. The molecule has 0 unspecified atom stereocenters. The molecule has 0 spiro atoms. The van der Waals surface area contributed by atoms with E-state index >= 15 is 0 Å². The molecule has 7 heteroatoms. The van der Waals surface area contributed by atoms with Crippen LogP contribution in [0.15, 0.2) is 72.8 Å². The van der Waals surface area contributed by atoms with Crippen LogP contribution >= 0.6 is 11.3 Å². The van der Waals surface area contributed by atoms with Crippen LogP contribution in [0, 0.1) is 0 Å². The van der Waals surface area contributed by atoms with Crippen LogP contribution in [0.4, 0.5) is 0 Å². The van der Waals surface area contributed by atoms with Crippen LogP contribution in [0.1, 0.15) is 25.8 Å². The van der Waals surface area contributed by atoms with Gasteiger partial charge in [0.15, 0.2) is 6.10 Å². The van der Waals surface area contributed by atoms with Crippen LogP contribution < -0.4 is 9.47 Å². The minimum Gasteiger partial charge on any atom is -0.493 e. The first-order valence-electron chi connectivity index (χ1n) is 12.3. The fraction of sp³-hybridized carbons (Fsp3) is 0.310. The van der Waals surface area contributed by atoms with Gasteiger partial charge in [-0.1, -0.05) is 36.4 Å². The van der Waals surface area contributed by atoms with Gasteiger partial charge in [0.25, 0.3) is 0 Å². The molecule has 0 bridgehead atoms. The standard InChI is InChI=1S/C29H31NO5S/c1-3-32-26(29(31)33-4-2)20-21-14-16-22(17-15-21)34-18-9-19-35-25-12-7-5-10-23(25)28-30-24-11-6-8-13-27(24)36-28/h5-8,10-17,26H,3-4,9,18-20H2,1-2H3/t26-/m0/s1. The van der Waals surface area contributed by atoms with Crippen molar-refractivity contribution in [2.45, 2.75) is 32.8 Å². The summed E-state index contributed by atoms with van der Waals surface area (Å²) in [7, 11) is 0. The second kappa shape index (κ2) is 13.0. The van der Waals surface area contributed by atoms with Gasteiger partial charge in [-0.05, 0) is 55.8 Å². The molecule has 0 radical (unpaired) electrons. The number of nitrogens with zero attached hydrogens (tertiary/aromatic N) is 1. The molecule has 188 valence electrons. The molecule has 1 heterocycles. The maximum absolute atomic E-state index is 12.1. The Morgan fingerprint density at radius 3 is 2.42 bits per heavy atom. The minimum atomic E-state index is -0.593. The van der Waals surface area contributed by atoms with Crippen molar-refractivity contribution < 1.29 is 23.7 Å². The lowest BCUT2D eigenvalue weighted by atomic mass is 10.1. The van der Waals surface area contributed by atoms with Gasteiger partial charge >= 0.3 is 5.97 Å². The smallest absolute Gasteiger partial charge is 0.335 e. The normalized spacial score (nSPS) is 11.8. The highest BCUT2D eigenvalue weighted by atomic mass is 32.1. The summed E-state index contributed by atoms with van der Waals surface area (Å²) in [5, 5.41) is 0.956. The Labute approximate surface area is 215 Å². The number of hydrogen-bond donors (Lipinski definition) is 0. The van der Waals surface area contributed by atoms with Gasteiger partial charge in [-0.3, -0.25) is 0 Å². The molecule has 4 aromatic rings. The lowest BCUT2D eigenvalue weighted by molar-refractivity contribution is -0.156. The number of fused-ring (bicyclic) bond motifs is 1. The van der Waals surface area contributed by atoms with Crippen LogP contribution in [0.5, 0.6) is 11.5 Å². The first-order valence-corrected chi connectivity index (χ1v) is 13.1. The Morgan fingerprint density at radius 1 is 0.889 bits per heavy atom. The van der Waals surface area contributed by atoms with Crippen molar-refractivity contribution in [1.29, 1.82) is 0 Å². The molecule has 0 saturated heterocycles. The van der Waals surface area contributed by atoms with E-state index in [1.54, 1.807) is 18.3 Å². The molecule has 0 saturated carbocycles. The third kappa shape index (κ3) is 6.83. The third-order valence-electron chi connectivity index (χ3n) is 5.49. The van der Waals surface area contributed by atoms with Crippen molar-refractivity contribution in [3.63, 3.8) is 0 Å². The zero-order valence-electron chi connectivity index (χ0n) is 20.6. The zero-order chi connectivity index (χ0) is 25.2. The molecule has 0 aliphatic heterocycles. The first kappa shape index (κ1) is 25.7. The summed E-state index contributed by atoms with van der Waals surface area (Å²) in [6, 6.07) is 23.9. The molecule has 0 amide bonds. The number of carbonyl (C=O) groups is 1. The first-order chi connectivity index (χ1) is 17.7. The molecule has 1 atom stereocenters. The van der Waals surface area contributed by atoms with Gasteiger partial charge in [-0.15, -0.1) is 11.3 Å². The van der Waals surface area contributed by atoms with E-state index in [4.69, 9.17) is 23.9 Å². The van der Waals surface area contributed by atoms with Crippen LogP contribution in [0.2, 0.25) is 0 Å². The molecule has 0 N–H and O–H groups in total. The monoisotopic (exact) mass is 505 g/mol. The van der Waals surface area contributed by atoms with Crippen LogP contribution in [0.25, 0.3) is 20.8 Å². The Hall–Kier alpha value is -3.42. The highest BCUT2D eigenvalue weighted by Crippen LogP contribution is 2.35. The van der Waals surface area contributed by atoms with Crippen molar-refractivity contribution in [3.05, 3.63) is 78.4 Å². The van der Waals surface area contributed by atoms with E-state index < -0.39 is 6.10 Å². The average Bonchev–Trinajstić information content (AvgIpc) is 3.34. The summed E-state index contributed by atoms with van der Waals surface area (Å²) in [6.45, 7) is 5.53. The maximum atomic E-state index is 12.1. The number of hydrogen-bond acceptors (Lipinski definition) is 7. The number of rotatable bonds is 13. The fourth-order valence-corrected chi connectivity index (χ4v) is 4.77. The van der Waals surface area contributed by atoms with E-state index in [0.717, 1.165) is 44.3 Å². The SMILES string of the molecule is CCOC(=O)[C@H](Cc1ccc(OCCCOc2ccccc2-c2nc3ccccc3s2)cc1)OCC. The number of ether oxygens (including phenoxy) is 4. The molecule has 4 rings (SSSR count). The molecular formula is C29H31NO5S. The van der Waals surface area contributed by atoms with Crippen LogP contribution in [-0.2, 0) is 20.7 Å². The molecule has 0 aliphatic carbocycles. The number of carbonyl (C=O) groups excluding carboxylic acids is 1. The van der Waals surface area contributed by atoms with Crippen molar-refractivity contribution >= 4 is 27.5 Å². The van der Waals surface area contributed by atoms with E-state index in [1.807, 2.05) is 73.7 Å². The van der Waals surface area contributed by atoms with Crippen molar-refractivity contribution in [3.8, 4) is 22.1 Å². The molecule has 3 aromatic carbocycles. The van der Waals surface area contributed by atoms with E-state index in [1.165, 1.54) is 0 Å². The molecular weight excluding hydrogens is 474 g/mol. The van der Waals surface area contributed by atoms with Crippen molar-refractivity contribution in [1.82, 2.24) is 4.98 Å². The predicted molar refractivity (Wildman–Crippen MR) is 143 cm³/mol. The number of para-hydroxylation sites is 2. The number of benzene rings is 3. The number of esters is 1. The summed E-state index contributed by atoms with van der Waals surface area (Å²) >= 11 is 1.67. The quantitative estimate of drug-likeness (QED) is 0.156. The predicted octanol–water partition coefficient (Wildman–Crippen LogP) is 6.32. The Balaban J connectivity index is 1.25. The second-order valence-corrected chi connectivity index (χ2v) is 9.11. The summed E-state index contributed by atoms with van der Waals surface area (Å²) in [5.41, 5.74) is 2.99. The molecule has 0 fully saturated rings. The van der Waals surface area contributed by atoms with Gasteiger partial charge in [0.1, 0.15) is 16.5 Å². The van der Waals surface area contributed by atoms with Gasteiger partial charge in [-0.2, -0.15) is 0 Å². The van der Waals surface area contributed by atoms with Crippen LogP contribution in [0.3, 0.4) is 0 Å². The third-order valence-corrected chi connectivity index (χ3v) is 6.56. The summed E-state index contributed by atoms with van der Waals surface area (Å²) in [6.07, 6.45) is 0.615. The molecule has 36 heavy (non-hydrogen) atoms. The van der Waals surface area contributed by atoms with Crippen molar-refractivity contribution in [2.75, 3.05) is 26.4 Å². The van der Waals surface area contributed by atoms with E-state index in [0.29, 0.717) is 32.8 Å². The van der Waals surface area contributed by atoms with E-state index in [9.17, 15) is 4.79 Å². The maximum Gasteiger partial charge on any atom is 0.335 e. The summed E-state index contributed by atoms with van der Waals surface area (Å²) in [5.74, 6) is 1.27. The van der Waals surface area contributed by atoms with E-state index in [-0.39, 0.29) is 5.97 Å². The molecule has 1 aromatic heterocycles. The number of aromatic nitrogens is 1. The Bertz CT molecular complexity index is 1220. The number of thiazole rings is 1. The fourth-order valence-electron chi connectivity index (χ4n) is 3.77. The van der Waals surface area contributed by atoms with Crippen LogP contribution in [-0.4, -0.2) is 43.5 Å². The lowest BCUT2D eigenvalue weighted by Gasteiger charge is -2.16. The van der Waals surface area contributed by atoms with Gasteiger partial charge in [-0.25, -0.2) is 9.78 Å². The highest BCUT2D eigenvalue weighted by Gasteiger charge is 2.20. The summed E-state index contributed by atoms with van der Waals surface area (Å²) in [4.78, 5) is 16.8. The van der Waals surface area contributed by atoms with Crippen molar-refractivity contribution in [2.24, 2.45) is 0 Å². The average molecular weight is 506 g/mol. The highest BCUT2D eigenvalue weighted by molar-refractivity contribution is 7.21. The molecule has 6 nitrogen and oxygen atoms in total.